The molecule has 0 aromatic heterocycles. The number of ether oxygens (including phenoxy) is 9. The Morgan fingerprint density at radius 1 is 0.550 bits per heavy atom. The fraction of sp³-hybridized carbons (Fsp3) is 0.478. The zero-order valence-electron chi connectivity index (χ0n) is 55.5. The molecule has 100 heavy (non-hydrogen) atoms. The number of nitrogens with zero attached hydrogens (tertiary/aromatic N) is 4. The fourth-order valence-corrected chi connectivity index (χ4v) is 12.7. The molecule has 31 heteroatoms. The predicted octanol–water partition coefficient (Wildman–Crippen LogP) is 3.37. The number of Topliss-reactive ketones (excluding diaryl/α,β-unsaturated/α-hetero) is 1. The molecule has 10 rings (SSSR count). The number of carbonyl (C=O) groups excluding carboxylic acids is 6. The summed E-state index contributed by atoms with van der Waals surface area (Å²) in [7, 11) is 1.06. The summed E-state index contributed by atoms with van der Waals surface area (Å²) in [6.45, 7) is 16.3. The Morgan fingerprint density at radius 3 is 1.36 bits per heavy atom. The number of esters is 1. The van der Waals surface area contributed by atoms with Gasteiger partial charge in [0.2, 0.25) is 12.6 Å². The van der Waals surface area contributed by atoms with Gasteiger partial charge in [-0.15, -0.1) is 0 Å². The van der Waals surface area contributed by atoms with E-state index in [-0.39, 0.29) is 113 Å². The molecule has 4 amide bonds. The predicted molar refractivity (Wildman–Crippen MR) is 344 cm³/mol. The van der Waals surface area contributed by atoms with Gasteiger partial charge < -0.3 is 103 Å². The van der Waals surface area contributed by atoms with E-state index < -0.39 is 152 Å². The van der Waals surface area contributed by atoms with Gasteiger partial charge >= 0.3 is 30.1 Å². The van der Waals surface area contributed by atoms with E-state index in [1.807, 2.05) is 20.8 Å². The number of hydrogen-bond donors (Lipinski definition) is 10. The summed E-state index contributed by atoms with van der Waals surface area (Å²) in [5.41, 5.74) is 1.83. The number of fused-ring (bicyclic) bond motifs is 4. The van der Waals surface area contributed by atoms with E-state index in [1.54, 1.807) is 19.9 Å². The first-order chi connectivity index (χ1) is 47.3. The first kappa shape index (κ1) is 73.4. The molecule has 31 nitrogen and oxygen atoms in total. The zero-order chi connectivity index (χ0) is 72.7. The number of benzene rings is 4. The van der Waals surface area contributed by atoms with Crippen LogP contribution in [0.3, 0.4) is 0 Å². The number of aliphatic carboxylic acids is 2. The number of aliphatic hydroxyl groups excluding tert-OH is 8. The van der Waals surface area contributed by atoms with Gasteiger partial charge in [0.25, 0.3) is 11.8 Å². The molecule has 0 aliphatic carbocycles. The normalized spacial score (nSPS) is 26.5. The Kier molecular flexibility index (Phi) is 21.9. The highest BCUT2D eigenvalue weighted by molar-refractivity contribution is 6.07. The van der Waals surface area contributed by atoms with Gasteiger partial charge in [-0.3, -0.25) is 14.4 Å². The van der Waals surface area contributed by atoms with Crippen molar-refractivity contribution in [2.24, 2.45) is 5.41 Å². The molecule has 6 aliphatic rings. The highest BCUT2D eigenvalue weighted by atomic mass is 16.7. The van der Waals surface area contributed by atoms with Crippen LogP contribution in [0.15, 0.2) is 85.0 Å². The SMILES string of the molecule is C=C1C[C@H]2C(O)N(C(=O)OCc3ccc(O[C@@H]4O[C@H](C(=O)O)[C@@H](O)[C@H](O)[C@H]4O)c(C(=O)CC(C)(C)C)c3)c3cc(OCCCCCOc4cc5c(cc4C)C(=O)N4CC(=C)C[C@H]4C(O)N5C(=O)OCc4ccc(O[C@@H]5O[C@H](C(=O)O)[C@@H](O)[C@H](O)[C@H]5O)c(C(=O)OC)c4)c(C)cc3C(=O)N2C1. The standard InChI is InChI=1S/C69H80N4O27/c1-31-18-43-60(83)72(67(90)95-29-35-12-14-46(39(22-35)45(74)26-69(5,6)7)97-65-54(79)50(75)52(77)56(99-65)62(85)86)41-24-48(33(3)20-37(41)58(81)70(43)27-31)93-16-10-9-11-17-94-49-25-42-38(21-34(49)4)59(82)71-28-32(2)19-44(71)61(84)73(42)68(91)96-30-36-13-15-47(40(23-36)64(89)92-8)98-66-55(80)51(76)53(78)57(100-66)63(87)88/h12-15,20-25,43-44,50-57,60-61,65-66,75-80,83-84H,1-2,9-11,16-19,26-30H2,3-8H3,(H,85,86)(H,87,88)/t43-,44-,50-,51-,52-,53-,54+,55+,56-,57-,60?,61?,65+,66+/m0/s1. The summed E-state index contributed by atoms with van der Waals surface area (Å²) < 4.78 is 51.0. The molecule has 4 aromatic rings. The Hall–Kier alpha value is -9.28. The smallest absolute Gasteiger partial charge is 0.416 e. The van der Waals surface area contributed by atoms with E-state index in [1.165, 1.54) is 64.4 Å². The lowest BCUT2D eigenvalue weighted by Gasteiger charge is -2.38. The van der Waals surface area contributed by atoms with Crippen LogP contribution in [0.1, 0.15) is 123 Å². The van der Waals surface area contributed by atoms with Crippen molar-refractivity contribution in [1.82, 2.24) is 9.80 Å². The van der Waals surface area contributed by atoms with E-state index in [9.17, 15) is 89.4 Å². The van der Waals surface area contributed by atoms with Crippen molar-refractivity contribution >= 4 is 59.1 Å². The average Bonchev–Trinajstić information content (AvgIpc) is 1.59. The molecule has 4 fully saturated rings. The van der Waals surface area contributed by atoms with E-state index in [0.717, 1.165) is 16.9 Å². The molecular weight excluding hydrogens is 1320 g/mol. The molecule has 6 heterocycles. The maximum atomic E-state index is 14.5. The quantitative estimate of drug-likeness (QED) is 0.0188. The molecule has 0 radical (unpaired) electrons. The second-order valence-corrected chi connectivity index (χ2v) is 26.6. The van der Waals surface area contributed by atoms with Crippen molar-refractivity contribution in [2.75, 3.05) is 43.2 Å². The third-order valence-electron chi connectivity index (χ3n) is 17.9. The number of rotatable bonds is 21. The number of carboxylic acid groups (broad SMARTS) is 2. The van der Waals surface area contributed by atoms with Gasteiger partial charge in [-0.05, 0) is 110 Å². The van der Waals surface area contributed by atoms with E-state index >= 15 is 0 Å². The molecule has 0 spiro atoms. The largest absolute Gasteiger partial charge is 0.493 e. The minimum atomic E-state index is -2.02. The third-order valence-corrected chi connectivity index (χ3v) is 17.9. The first-order valence-electron chi connectivity index (χ1n) is 32.1. The lowest BCUT2D eigenvalue weighted by molar-refractivity contribution is -0.271. The fourth-order valence-electron chi connectivity index (χ4n) is 12.7. The van der Waals surface area contributed by atoms with Crippen LogP contribution in [0.5, 0.6) is 23.0 Å². The van der Waals surface area contributed by atoms with Gasteiger partial charge in [0.15, 0.2) is 30.4 Å². The van der Waals surface area contributed by atoms with Crippen molar-refractivity contribution in [3.63, 3.8) is 0 Å². The number of anilines is 2. The second kappa shape index (κ2) is 29.9. The van der Waals surface area contributed by atoms with E-state index in [4.69, 9.17) is 42.6 Å². The van der Waals surface area contributed by atoms with Crippen LogP contribution in [0.25, 0.3) is 0 Å². The van der Waals surface area contributed by atoms with Crippen LogP contribution in [-0.4, -0.2) is 228 Å². The van der Waals surface area contributed by atoms with Crippen LogP contribution >= 0.6 is 0 Å². The molecule has 4 aromatic carbocycles. The first-order valence-corrected chi connectivity index (χ1v) is 32.1. The topological polar surface area (TPSA) is 435 Å². The number of ketones is 1. The molecular formula is C69H80N4O27. The monoisotopic (exact) mass is 1400 g/mol. The minimum Gasteiger partial charge on any atom is -0.493 e. The van der Waals surface area contributed by atoms with Crippen molar-refractivity contribution in [1.29, 1.82) is 0 Å². The van der Waals surface area contributed by atoms with Crippen LogP contribution in [-0.2, 0) is 46.5 Å². The third kappa shape index (κ3) is 15.2. The van der Waals surface area contributed by atoms with Crippen molar-refractivity contribution in [3.05, 3.63) is 129 Å². The molecule has 0 saturated carbocycles. The molecule has 538 valence electrons. The molecule has 10 N–H and O–H groups in total. The Bertz CT molecular complexity index is 3890. The van der Waals surface area contributed by atoms with Crippen molar-refractivity contribution < 1.29 is 132 Å². The lowest BCUT2D eigenvalue weighted by atomic mass is 9.87. The van der Waals surface area contributed by atoms with Crippen molar-refractivity contribution in [2.45, 2.75) is 172 Å². The average molecular weight is 1400 g/mol. The van der Waals surface area contributed by atoms with Gasteiger partial charge in [-0.1, -0.05) is 57.2 Å². The number of carbonyl (C=O) groups is 8. The minimum absolute atomic E-state index is 0.0196. The highest BCUT2D eigenvalue weighted by Crippen LogP contribution is 2.43. The van der Waals surface area contributed by atoms with E-state index in [2.05, 4.69) is 13.2 Å². The molecule has 0 bridgehead atoms. The Morgan fingerprint density at radius 2 is 0.960 bits per heavy atom. The van der Waals surface area contributed by atoms with Gasteiger partial charge in [0, 0.05) is 31.6 Å². The number of carboxylic acids is 2. The Balaban J connectivity index is 0.804. The van der Waals surface area contributed by atoms with Gasteiger partial charge in [0.05, 0.1) is 60.5 Å². The maximum Gasteiger partial charge on any atom is 0.416 e. The lowest BCUT2D eigenvalue weighted by Crippen LogP contribution is -2.61. The molecule has 4 saturated heterocycles. The number of amides is 4. The number of hydrogen-bond acceptors (Lipinski definition) is 25. The summed E-state index contributed by atoms with van der Waals surface area (Å²) in [4.78, 5) is 113. The van der Waals surface area contributed by atoms with Crippen molar-refractivity contribution in [3.8, 4) is 23.0 Å². The number of unbranched alkanes of at least 4 members (excludes halogenated alkanes) is 2. The van der Waals surface area contributed by atoms with Crippen LogP contribution in [0, 0.1) is 19.3 Å². The summed E-state index contributed by atoms with van der Waals surface area (Å²) in [6.07, 6.45) is -23.4. The van der Waals surface area contributed by atoms with Crippen LogP contribution in [0.2, 0.25) is 0 Å². The second-order valence-electron chi connectivity index (χ2n) is 26.6. The maximum absolute atomic E-state index is 14.5. The van der Waals surface area contributed by atoms with Gasteiger partial charge in [-0.2, -0.15) is 0 Å². The number of aliphatic hydroxyl groups is 8. The van der Waals surface area contributed by atoms with E-state index in [0.29, 0.717) is 41.5 Å². The van der Waals surface area contributed by atoms with Gasteiger partial charge in [-0.25, -0.2) is 33.8 Å². The van der Waals surface area contributed by atoms with Gasteiger partial charge in [0.1, 0.15) is 78.4 Å². The van der Waals surface area contributed by atoms with Crippen LogP contribution in [0.4, 0.5) is 21.0 Å². The highest BCUT2D eigenvalue weighted by Gasteiger charge is 2.52. The molecule has 2 unspecified atom stereocenters. The number of aryl methyl sites for hydroxylation is 2. The van der Waals surface area contributed by atoms with Crippen LogP contribution < -0.4 is 28.7 Å². The summed E-state index contributed by atoms with van der Waals surface area (Å²) >= 11 is 0. The number of methoxy groups -OCH3 is 1. The summed E-state index contributed by atoms with van der Waals surface area (Å²) in [5.74, 6) is -5.69. The Labute approximate surface area is 572 Å². The molecule has 6 aliphatic heterocycles. The zero-order valence-corrected chi connectivity index (χ0v) is 55.5. The molecule has 14 atom stereocenters. The summed E-state index contributed by atoms with van der Waals surface area (Å²) in [6, 6.07) is 12.0. The summed E-state index contributed by atoms with van der Waals surface area (Å²) in [5, 5.41) is 106.